The number of aryl methyl sites for hydroxylation is 1. The summed E-state index contributed by atoms with van der Waals surface area (Å²) in [7, 11) is 3.22. The molecule has 0 saturated heterocycles. The Bertz CT molecular complexity index is 701. The molecular formula is C19H20O3. The number of hydrogen-bond donors (Lipinski definition) is 1. The summed E-state index contributed by atoms with van der Waals surface area (Å²) in [6.07, 6.45) is 3.49. The highest BCUT2D eigenvalue weighted by Crippen LogP contribution is 2.42. The van der Waals surface area contributed by atoms with E-state index >= 15 is 0 Å². The topological polar surface area (TPSA) is 38.7 Å². The molecule has 1 aliphatic rings. The standard InChI is InChI=1S/C19H20O3/c1-12-4-6-13(7-5-12)15-9-8-14-10-17(21-2)18(22-3)11-16(14)19(15)20/h4-11,15,19-20H,1-3H3/t15-,19-/m0/s1. The van der Waals surface area contributed by atoms with E-state index in [9.17, 15) is 5.11 Å². The van der Waals surface area contributed by atoms with Gasteiger partial charge >= 0.3 is 0 Å². The molecule has 1 N–H and O–H groups in total. The van der Waals surface area contributed by atoms with Crippen LogP contribution in [0.25, 0.3) is 6.08 Å². The Kier molecular flexibility index (Phi) is 3.90. The van der Waals surface area contributed by atoms with Crippen molar-refractivity contribution in [1.82, 2.24) is 0 Å². The van der Waals surface area contributed by atoms with Crippen molar-refractivity contribution in [2.75, 3.05) is 14.2 Å². The number of methoxy groups -OCH3 is 2. The molecule has 0 radical (unpaired) electrons. The minimum Gasteiger partial charge on any atom is -0.493 e. The largest absolute Gasteiger partial charge is 0.493 e. The Hall–Kier alpha value is -2.26. The van der Waals surface area contributed by atoms with Crippen LogP contribution in [0.2, 0.25) is 0 Å². The molecule has 22 heavy (non-hydrogen) atoms. The highest BCUT2D eigenvalue weighted by atomic mass is 16.5. The van der Waals surface area contributed by atoms with Crippen molar-refractivity contribution in [3.05, 3.63) is 64.7 Å². The Labute approximate surface area is 130 Å². The average Bonchev–Trinajstić information content (AvgIpc) is 2.55. The number of ether oxygens (including phenoxy) is 2. The van der Waals surface area contributed by atoms with Gasteiger partial charge < -0.3 is 14.6 Å². The van der Waals surface area contributed by atoms with Gasteiger partial charge in [0.1, 0.15) is 0 Å². The van der Waals surface area contributed by atoms with Crippen molar-refractivity contribution in [1.29, 1.82) is 0 Å². The summed E-state index contributed by atoms with van der Waals surface area (Å²) < 4.78 is 10.7. The van der Waals surface area contributed by atoms with Gasteiger partial charge in [-0.05, 0) is 35.7 Å². The second-order valence-corrected chi connectivity index (χ2v) is 5.58. The molecule has 0 fully saturated rings. The molecule has 3 rings (SSSR count). The van der Waals surface area contributed by atoms with Gasteiger partial charge in [-0.15, -0.1) is 0 Å². The SMILES string of the molecule is COc1cc2c(cc1OC)[C@@H](O)[C@H](c1ccc(C)cc1)C=C2. The molecule has 114 valence electrons. The average molecular weight is 296 g/mol. The lowest BCUT2D eigenvalue weighted by Crippen LogP contribution is -2.14. The minimum atomic E-state index is -0.595. The van der Waals surface area contributed by atoms with E-state index in [0.717, 1.165) is 16.7 Å². The molecule has 0 amide bonds. The minimum absolute atomic E-state index is 0.0498. The Morgan fingerprint density at radius 1 is 0.955 bits per heavy atom. The zero-order chi connectivity index (χ0) is 15.7. The first-order valence-corrected chi connectivity index (χ1v) is 7.33. The third-order valence-corrected chi connectivity index (χ3v) is 4.19. The molecule has 0 aliphatic heterocycles. The fourth-order valence-corrected chi connectivity index (χ4v) is 2.90. The quantitative estimate of drug-likeness (QED) is 0.935. The summed E-state index contributed by atoms with van der Waals surface area (Å²) in [6, 6.07) is 12.0. The van der Waals surface area contributed by atoms with E-state index in [1.54, 1.807) is 14.2 Å². The van der Waals surface area contributed by atoms with Crippen molar-refractivity contribution >= 4 is 6.08 Å². The van der Waals surface area contributed by atoms with E-state index in [0.29, 0.717) is 11.5 Å². The van der Waals surface area contributed by atoms with Crippen LogP contribution in [0.4, 0.5) is 0 Å². The Morgan fingerprint density at radius 2 is 1.59 bits per heavy atom. The van der Waals surface area contributed by atoms with Crippen molar-refractivity contribution in [3.63, 3.8) is 0 Å². The van der Waals surface area contributed by atoms with E-state index in [1.165, 1.54) is 5.56 Å². The van der Waals surface area contributed by atoms with Crippen LogP contribution in [0, 0.1) is 6.92 Å². The predicted molar refractivity (Wildman–Crippen MR) is 87.5 cm³/mol. The number of aliphatic hydroxyl groups excluding tert-OH is 1. The monoisotopic (exact) mass is 296 g/mol. The lowest BCUT2D eigenvalue weighted by atomic mass is 9.82. The summed E-state index contributed by atoms with van der Waals surface area (Å²) in [5.74, 6) is 1.26. The fourth-order valence-electron chi connectivity index (χ4n) is 2.90. The molecule has 0 saturated carbocycles. The maximum Gasteiger partial charge on any atom is 0.161 e. The van der Waals surface area contributed by atoms with Crippen LogP contribution in [0.3, 0.4) is 0 Å². The molecule has 3 heteroatoms. The maximum absolute atomic E-state index is 10.8. The molecule has 0 heterocycles. The van der Waals surface area contributed by atoms with E-state index in [1.807, 2.05) is 24.3 Å². The molecule has 2 aromatic rings. The molecule has 0 bridgehead atoms. The number of aliphatic hydroxyl groups is 1. The number of rotatable bonds is 3. The normalized spacial score (nSPS) is 19.6. The van der Waals surface area contributed by atoms with Gasteiger partial charge in [0.25, 0.3) is 0 Å². The van der Waals surface area contributed by atoms with Gasteiger partial charge in [0.2, 0.25) is 0 Å². The summed E-state index contributed by atoms with van der Waals surface area (Å²) in [4.78, 5) is 0. The summed E-state index contributed by atoms with van der Waals surface area (Å²) >= 11 is 0. The Balaban J connectivity index is 2.02. The van der Waals surface area contributed by atoms with Gasteiger partial charge in [0.05, 0.1) is 20.3 Å². The van der Waals surface area contributed by atoms with Crippen LogP contribution in [-0.4, -0.2) is 19.3 Å². The second kappa shape index (κ2) is 5.85. The second-order valence-electron chi connectivity index (χ2n) is 5.58. The van der Waals surface area contributed by atoms with E-state index < -0.39 is 6.10 Å². The number of fused-ring (bicyclic) bond motifs is 1. The molecular weight excluding hydrogens is 276 g/mol. The third kappa shape index (κ3) is 2.48. The van der Waals surface area contributed by atoms with Gasteiger partial charge in [-0.25, -0.2) is 0 Å². The van der Waals surface area contributed by atoms with E-state index in [4.69, 9.17) is 9.47 Å². The zero-order valence-corrected chi connectivity index (χ0v) is 13.0. The summed E-state index contributed by atoms with van der Waals surface area (Å²) in [5.41, 5.74) is 4.15. The molecule has 0 unspecified atom stereocenters. The zero-order valence-electron chi connectivity index (χ0n) is 13.0. The van der Waals surface area contributed by atoms with Crippen LogP contribution in [-0.2, 0) is 0 Å². The lowest BCUT2D eigenvalue weighted by Gasteiger charge is -2.27. The molecule has 1 aliphatic carbocycles. The fraction of sp³-hybridized carbons (Fsp3) is 0.263. The molecule has 2 aromatic carbocycles. The smallest absolute Gasteiger partial charge is 0.161 e. The van der Waals surface area contributed by atoms with Crippen LogP contribution >= 0.6 is 0 Å². The molecule has 3 nitrogen and oxygen atoms in total. The molecule has 2 atom stereocenters. The maximum atomic E-state index is 10.8. The Morgan fingerprint density at radius 3 is 2.23 bits per heavy atom. The van der Waals surface area contributed by atoms with Gasteiger partial charge in [-0.2, -0.15) is 0 Å². The predicted octanol–water partition coefficient (Wildman–Crippen LogP) is 3.86. The number of hydrogen-bond acceptors (Lipinski definition) is 3. The van der Waals surface area contributed by atoms with Gasteiger partial charge in [0.15, 0.2) is 11.5 Å². The first-order valence-electron chi connectivity index (χ1n) is 7.33. The summed E-state index contributed by atoms with van der Waals surface area (Å²) in [5, 5.41) is 10.8. The lowest BCUT2D eigenvalue weighted by molar-refractivity contribution is 0.159. The highest BCUT2D eigenvalue weighted by Gasteiger charge is 2.27. The van der Waals surface area contributed by atoms with Crippen molar-refractivity contribution < 1.29 is 14.6 Å². The van der Waals surface area contributed by atoms with Crippen molar-refractivity contribution in [2.24, 2.45) is 0 Å². The van der Waals surface area contributed by atoms with Gasteiger partial charge in [-0.1, -0.05) is 42.0 Å². The third-order valence-electron chi connectivity index (χ3n) is 4.19. The first kappa shape index (κ1) is 14.7. The van der Waals surface area contributed by atoms with Crippen LogP contribution in [0.5, 0.6) is 11.5 Å². The van der Waals surface area contributed by atoms with Gasteiger partial charge in [0, 0.05) is 5.92 Å². The summed E-state index contributed by atoms with van der Waals surface area (Å²) in [6.45, 7) is 2.06. The van der Waals surface area contributed by atoms with Crippen molar-refractivity contribution in [3.8, 4) is 11.5 Å². The molecule has 0 aromatic heterocycles. The first-order chi connectivity index (χ1) is 10.6. The van der Waals surface area contributed by atoms with Crippen LogP contribution < -0.4 is 9.47 Å². The van der Waals surface area contributed by atoms with E-state index in [-0.39, 0.29) is 5.92 Å². The van der Waals surface area contributed by atoms with E-state index in [2.05, 4.69) is 31.2 Å². The number of benzene rings is 2. The highest BCUT2D eigenvalue weighted by molar-refractivity contribution is 5.64. The van der Waals surface area contributed by atoms with Crippen LogP contribution in [0.1, 0.15) is 34.3 Å². The molecule has 0 spiro atoms. The van der Waals surface area contributed by atoms with Crippen LogP contribution in [0.15, 0.2) is 42.5 Å². The van der Waals surface area contributed by atoms with Gasteiger partial charge in [-0.3, -0.25) is 0 Å². The van der Waals surface area contributed by atoms with Crippen molar-refractivity contribution in [2.45, 2.75) is 18.9 Å².